The number of hydrogen-bond donors (Lipinski definition) is 1. The summed E-state index contributed by atoms with van der Waals surface area (Å²) in [7, 11) is 4.03. The highest BCUT2D eigenvalue weighted by Crippen LogP contribution is 2.21. The van der Waals surface area contributed by atoms with Gasteiger partial charge in [-0.15, -0.1) is 0 Å². The van der Waals surface area contributed by atoms with Crippen molar-refractivity contribution in [1.82, 2.24) is 0 Å². The Kier molecular flexibility index (Phi) is 3.47. The lowest BCUT2D eigenvalue weighted by atomic mass is 10.2. The van der Waals surface area contributed by atoms with Gasteiger partial charge >= 0.3 is 0 Å². The molecule has 0 aliphatic heterocycles. The van der Waals surface area contributed by atoms with Crippen LogP contribution in [0.15, 0.2) is 36.0 Å². The van der Waals surface area contributed by atoms with Gasteiger partial charge in [0.15, 0.2) is 5.78 Å². The summed E-state index contributed by atoms with van der Waals surface area (Å²) in [5, 5.41) is 3.18. The van der Waals surface area contributed by atoms with Crippen LogP contribution in [0.5, 0.6) is 0 Å². The highest BCUT2D eigenvalue weighted by molar-refractivity contribution is 5.97. The first-order chi connectivity index (χ1) is 8.16. The standard InChI is InChI=1S/C14H18N2O/c1-16(2)13-8-6-12(7-9-13)15-10-11-4-3-5-14(11)17/h6-10,15H,3-5H2,1-2H3. The SMILES string of the molecule is CN(C)c1ccc(NC=C2CCCC2=O)cc1. The van der Waals surface area contributed by atoms with Crippen LogP contribution >= 0.6 is 0 Å². The lowest BCUT2D eigenvalue weighted by molar-refractivity contribution is -0.114. The Hall–Kier alpha value is -1.77. The molecule has 2 rings (SSSR count). The lowest BCUT2D eigenvalue weighted by Gasteiger charge is -2.12. The number of anilines is 2. The summed E-state index contributed by atoms with van der Waals surface area (Å²) in [6.07, 6.45) is 4.45. The van der Waals surface area contributed by atoms with E-state index in [2.05, 4.69) is 22.3 Å². The molecule has 1 N–H and O–H groups in total. The highest BCUT2D eigenvalue weighted by Gasteiger charge is 2.16. The predicted octanol–water partition coefficient (Wildman–Crippen LogP) is 2.80. The summed E-state index contributed by atoms with van der Waals surface area (Å²) in [4.78, 5) is 13.5. The number of Topliss-reactive ketones (excluding diaryl/α,β-unsaturated/α-hetero) is 1. The second-order valence-electron chi connectivity index (χ2n) is 4.53. The van der Waals surface area contributed by atoms with Crippen molar-refractivity contribution in [3.63, 3.8) is 0 Å². The summed E-state index contributed by atoms with van der Waals surface area (Å²) >= 11 is 0. The number of ketones is 1. The smallest absolute Gasteiger partial charge is 0.160 e. The van der Waals surface area contributed by atoms with Crippen LogP contribution in [0.25, 0.3) is 0 Å². The topological polar surface area (TPSA) is 32.3 Å². The maximum atomic E-state index is 11.4. The third-order valence-electron chi connectivity index (χ3n) is 3.00. The Bertz CT molecular complexity index is 432. The highest BCUT2D eigenvalue weighted by atomic mass is 16.1. The third-order valence-corrected chi connectivity index (χ3v) is 3.00. The summed E-state index contributed by atoms with van der Waals surface area (Å²) < 4.78 is 0. The Morgan fingerprint density at radius 3 is 2.41 bits per heavy atom. The Labute approximate surface area is 102 Å². The van der Waals surface area contributed by atoms with Gasteiger partial charge < -0.3 is 10.2 Å². The van der Waals surface area contributed by atoms with Crippen LogP contribution < -0.4 is 10.2 Å². The van der Waals surface area contributed by atoms with Gasteiger partial charge in [0, 0.05) is 43.7 Å². The van der Waals surface area contributed by atoms with E-state index in [1.54, 1.807) is 0 Å². The van der Waals surface area contributed by atoms with E-state index in [0.29, 0.717) is 6.42 Å². The molecule has 1 aliphatic carbocycles. The van der Waals surface area contributed by atoms with E-state index < -0.39 is 0 Å². The van der Waals surface area contributed by atoms with Gasteiger partial charge in [-0.05, 0) is 37.1 Å². The van der Waals surface area contributed by atoms with Gasteiger partial charge in [-0.1, -0.05) is 0 Å². The largest absolute Gasteiger partial charge is 0.378 e. The van der Waals surface area contributed by atoms with Crippen LogP contribution in [0.3, 0.4) is 0 Å². The minimum atomic E-state index is 0.280. The normalized spacial score (nSPS) is 17.5. The summed E-state index contributed by atoms with van der Waals surface area (Å²) in [5.41, 5.74) is 3.10. The molecule has 1 fully saturated rings. The Balaban J connectivity index is 2.02. The molecule has 0 saturated heterocycles. The molecule has 1 aromatic carbocycles. The number of hydrogen-bond acceptors (Lipinski definition) is 3. The molecule has 0 radical (unpaired) electrons. The second-order valence-corrected chi connectivity index (χ2v) is 4.53. The zero-order chi connectivity index (χ0) is 12.3. The molecule has 0 heterocycles. The summed E-state index contributed by atoms with van der Waals surface area (Å²) in [6.45, 7) is 0. The van der Waals surface area contributed by atoms with Crippen LogP contribution in [0, 0.1) is 0 Å². The van der Waals surface area contributed by atoms with Crippen molar-refractivity contribution >= 4 is 17.2 Å². The molecule has 0 unspecified atom stereocenters. The predicted molar refractivity (Wildman–Crippen MR) is 71.3 cm³/mol. The maximum Gasteiger partial charge on any atom is 0.160 e. The van der Waals surface area contributed by atoms with Crippen LogP contribution in [0.2, 0.25) is 0 Å². The van der Waals surface area contributed by atoms with Gasteiger partial charge in [-0.3, -0.25) is 4.79 Å². The van der Waals surface area contributed by atoms with Gasteiger partial charge in [0.25, 0.3) is 0 Å². The number of benzene rings is 1. The number of allylic oxidation sites excluding steroid dienone is 1. The second kappa shape index (κ2) is 5.04. The van der Waals surface area contributed by atoms with Crippen molar-refractivity contribution in [2.45, 2.75) is 19.3 Å². The van der Waals surface area contributed by atoms with E-state index in [4.69, 9.17) is 0 Å². The maximum absolute atomic E-state index is 11.4. The fraction of sp³-hybridized carbons (Fsp3) is 0.357. The van der Waals surface area contributed by atoms with Crippen LogP contribution in [-0.4, -0.2) is 19.9 Å². The fourth-order valence-electron chi connectivity index (χ4n) is 1.92. The molecule has 3 nitrogen and oxygen atoms in total. The molecule has 0 bridgehead atoms. The molecule has 0 spiro atoms. The molecule has 3 heteroatoms. The van der Waals surface area contributed by atoms with Crippen molar-refractivity contribution in [2.24, 2.45) is 0 Å². The van der Waals surface area contributed by atoms with Crippen molar-refractivity contribution in [3.8, 4) is 0 Å². The van der Waals surface area contributed by atoms with E-state index >= 15 is 0 Å². The minimum absolute atomic E-state index is 0.280. The first-order valence-corrected chi connectivity index (χ1v) is 5.93. The molecular formula is C14H18N2O. The number of nitrogens with one attached hydrogen (secondary N) is 1. The fourth-order valence-corrected chi connectivity index (χ4v) is 1.92. The van der Waals surface area contributed by atoms with E-state index in [9.17, 15) is 4.79 Å². The number of carbonyl (C=O) groups is 1. The van der Waals surface area contributed by atoms with Crippen LogP contribution in [0.4, 0.5) is 11.4 Å². The molecule has 1 aromatic rings. The molecule has 90 valence electrons. The zero-order valence-corrected chi connectivity index (χ0v) is 10.4. The molecular weight excluding hydrogens is 212 g/mol. The van der Waals surface area contributed by atoms with E-state index in [0.717, 1.165) is 24.1 Å². The summed E-state index contributed by atoms with van der Waals surface area (Å²) in [5.74, 6) is 0.280. The number of rotatable bonds is 3. The number of nitrogens with zero attached hydrogens (tertiary/aromatic N) is 1. The number of carbonyl (C=O) groups excluding carboxylic acids is 1. The average Bonchev–Trinajstić information content (AvgIpc) is 2.73. The van der Waals surface area contributed by atoms with Gasteiger partial charge in [0.1, 0.15) is 0 Å². The molecule has 0 atom stereocenters. The van der Waals surface area contributed by atoms with E-state index in [-0.39, 0.29) is 5.78 Å². The lowest BCUT2D eigenvalue weighted by Crippen LogP contribution is -2.08. The van der Waals surface area contributed by atoms with Gasteiger partial charge in [0.2, 0.25) is 0 Å². The van der Waals surface area contributed by atoms with E-state index in [1.807, 2.05) is 32.4 Å². The van der Waals surface area contributed by atoms with Gasteiger partial charge in [0.05, 0.1) is 0 Å². The molecule has 17 heavy (non-hydrogen) atoms. The van der Waals surface area contributed by atoms with Gasteiger partial charge in [-0.25, -0.2) is 0 Å². The van der Waals surface area contributed by atoms with Crippen molar-refractivity contribution < 1.29 is 4.79 Å². The minimum Gasteiger partial charge on any atom is -0.378 e. The Morgan fingerprint density at radius 1 is 1.18 bits per heavy atom. The average molecular weight is 230 g/mol. The van der Waals surface area contributed by atoms with Gasteiger partial charge in [-0.2, -0.15) is 0 Å². The van der Waals surface area contributed by atoms with Crippen molar-refractivity contribution in [1.29, 1.82) is 0 Å². The molecule has 1 aliphatic rings. The van der Waals surface area contributed by atoms with E-state index in [1.165, 1.54) is 5.69 Å². The molecule has 0 amide bonds. The van der Waals surface area contributed by atoms with Crippen molar-refractivity contribution in [3.05, 3.63) is 36.0 Å². The first kappa shape index (κ1) is 11.7. The van der Waals surface area contributed by atoms with Crippen LogP contribution in [0.1, 0.15) is 19.3 Å². The zero-order valence-electron chi connectivity index (χ0n) is 10.4. The molecule has 1 saturated carbocycles. The molecule has 0 aromatic heterocycles. The van der Waals surface area contributed by atoms with Crippen molar-refractivity contribution in [2.75, 3.05) is 24.3 Å². The monoisotopic (exact) mass is 230 g/mol. The quantitative estimate of drug-likeness (QED) is 0.810. The summed E-state index contributed by atoms with van der Waals surface area (Å²) in [6, 6.07) is 8.15. The Morgan fingerprint density at radius 2 is 1.88 bits per heavy atom. The third kappa shape index (κ3) is 2.87. The van der Waals surface area contributed by atoms with Crippen LogP contribution in [-0.2, 0) is 4.79 Å². The first-order valence-electron chi connectivity index (χ1n) is 5.93.